The molecule has 1 saturated carbocycles. The number of hydrogen-bond acceptors (Lipinski definition) is 4. The SMILES string of the molecule is O=C(COc1ccc([N+](=O)[O-])cc1Cc1ccccc1)NCC1CC1. The van der Waals surface area contributed by atoms with E-state index in [4.69, 9.17) is 4.74 Å². The maximum Gasteiger partial charge on any atom is 0.269 e. The number of benzene rings is 2. The summed E-state index contributed by atoms with van der Waals surface area (Å²) in [6.07, 6.45) is 2.84. The van der Waals surface area contributed by atoms with Gasteiger partial charge in [0.2, 0.25) is 0 Å². The van der Waals surface area contributed by atoms with Crippen LogP contribution >= 0.6 is 0 Å². The number of ether oxygens (including phenoxy) is 1. The summed E-state index contributed by atoms with van der Waals surface area (Å²) < 4.78 is 5.62. The summed E-state index contributed by atoms with van der Waals surface area (Å²) in [6, 6.07) is 14.1. The summed E-state index contributed by atoms with van der Waals surface area (Å²) >= 11 is 0. The van der Waals surface area contributed by atoms with E-state index in [0.717, 1.165) is 5.56 Å². The Kier molecular flexibility index (Phi) is 5.28. The first-order valence-corrected chi connectivity index (χ1v) is 8.32. The van der Waals surface area contributed by atoms with E-state index < -0.39 is 4.92 Å². The number of hydrogen-bond donors (Lipinski definition) is 1. The second kappa shape index (κ2) is 7.79. The molecule has 0 saturated heterocycles. The molecule has 0 radical (unpaired) electrons. The third kappa shape index (κ3) is 5.04. The summed E-state index contributed by atoms with van der Waals surface area (Å²) in [5.41, 5.74) is 1.72. The predicted octanol–water partition coefficient (Wildman–Crippen LogP) is 3.09. The molecule has 0 bridgehead atoms. The van der Waals surface area contributed by atoms with Crippen LogP contribution in [0.15, 0.2) is 48.5 Å². The fraction of sp³-hybridized carbons (Fsp3) is 0.316. The quantitative estimate of drug-likeness (QED) is 0.591. The van der Waals surface area contributed by atoms with Crippen molar-refractivity contribution in [3.8, 4) is 5.75 Å². The molecule has 0 unspecified atom stereocenters. The van der Waals surface area contributed by atoms with Gasteiger partial charge in [-0.25, -0.2) is 0 Å². The van der Waals surface area contributed by atoms with Gasteiger partial charge < -0.3 is 10.1 Å². The van der Waals surface area contributed by atoms with Gasteiger partial charge in [-0.15, -0.1) is 0 Å². The number of nitrogens with zero attached hydrogens (tertiary/aromatic N) is 1. The van der Waals surface area contributed by atoms with Crippen LogP contribution in [0.3, 0.4) is 0 Å². The zero-order chi connectivity index (χ0) is 17.6. The van der Waals surface area contributed by atoms with Gasteiger partial charge in [0.15, 0.2) is 6.61 Å². The van der Waals surface area contributed by atoms with Crippen LogP contribution in [-0.2, 0) is 11.2 Å². The minimum Gasteiger partial charge on any atom is -0.483 e. The Balaban J connectivity index is 1.69. The Morgan fingerprint density at radius 1 is 1.20 bits per heavy atom. The van der Waals surface area contributed by atoms with Gasteiger partial charge in [0, 0.05) is 30.7 Å². The molecule has 6 nitrogen and oxygen atoms in total. The predicted molar refractivity (Wildman–Crippen MR) is 93.6 cm³/mol. The fourth-order valence-corrected chi connectivity index (χ4v) is 2.55. The molecule has 3 rings (SSSR count). The lowest BCUT2D eigenvalue weighted by Crippen LogP contribution is -2.30. The molecular formula is C19H20N2O4. The topological polar surface area (TPSA) is 81.5 Å². The van der Waals surface area contributed by atoms with Crippen molar-refractivity contribution in [2.24, 2.45) is 5.92 Å². The van der Waals surface area contributed by atoms with E-state index in [2.05, 4.69) is 5.32 Å². The minimum atomic E-state index is -0.430. The Hall–Kier alpha value is -2.89. The van der Waals surface area contributed by atoms with Crippen molar-refractivity contribution in [2.75, 3.05) is 13.2 Å². The molecule has 1 fully saturated rings. The number of non-ortho nitro benzene ring substituents is 1. The van der Waals surface area contributed by atoms with Crippen molar-refractivity contribution in [3.05, 3.63) is 69.8 Å². The molecule has 0 aromatic heterocycles. The van der Waals surface area contributed by atoms with Crippen molar-refractivity contribution in [1.82, 2.24) is 5.32 Å². The molecule has 0 spiro atoms. The van der Waals surface area contributed by atoms with Crippen molar-refractivity contribution in [1.29, 1.82) is 0 Å². The number of amides is 1. The van der Waals surface area contributed by atoms with Gasteiger partial charge in [0.1, 0.15) is 5.75 Å². The van der Waals surface area contributed by atoms with Crippen LogP contribution in [0.5, 0.6) is 5.75 Å². The third-order valence-electron chi connectivity index (χ3n) is 4.14. The fourth-order valence-electron chi connectivity index (χ4n) is 2.55. The lowest BCUT2D eigenvalue weighted by molar-refractivity contribution is -0.384. The highest BCUT2D eigenvalue weighted by atomic mass is 16.6. The maximum atomic E-state index is 11.8. The summed E-state index contributed by atoms with van der Waals surface area (Å²) in [4.78, 5) is 22.5. The molecule has 130 valence electrons. The van der Waals surface area contributed by atoms with E-state index in [0.29, 0.717) is 30.2 Å². The van der Waals surface area contributed by atoms with Crippen LogP contribution in [0.1, 0.15) is 24.0 Å². The second-order valence-electron chi connectivity index (χ2n) is 6.25. The van der Waals surface area contributed by atoms with Crippen LogP contribution in [0.2, 0.25) is 0 Å². The highest BCUT2D eigenvalue weighted by Gasteiger charge is 2.21. The molecule has 0 heterocycles. The Morgan fingerprint density at radius 2 is 1.96 bits per heavy atom. The zero-order valence-corrected chi connectivity index (χ0v) is 13.8. The Morgan fingerprint density at radius 3 is 2.64 bits per heavy atom. The summed E-state index contributed by atoms with van der Waals surface area (Å²) in [6.45, 7) is 0.603. The van der Waals surface area contributed by atoms with Gasteiger partial charge in [-0.05, 0) is 30.4 Å². The second-order valence-corrected chi connectivity index (χ2v) is 6.25. The number of carbonyl (C=O) groups is 1. The molecule has 1 aliphatic carbocycles. The molecule has 25 heavy (non-hydrogen) atoms. The maximum absolute atomic E-state index is 11.8. The van der Waals surface area contributed by atoms with Crippen LogP contribution < -0.4 is 10.1 Å². The normalized spacial score (nSPS) is 13.3. The zero-order valence-electron chi connectivity index (χ0n) is 13.8. The van der Waals surface area contributed by atoms with E-state index in [1.807, 2.05) is 30.3 Å². The minimum absolute atomic E-state index is 0.0106. The summed E-state index contributed by atoms with van der Waals surface area (Å²) in [5.74, 6) is 0.934. The number of nitro benzene ring substituents is 1. The lowest BCUT2D eigenvalue weighted by Gasteiger charge is -2.12. The number of carbonyl (C=O) groups excluding carboxylic acids is 1. The van der Waals surface area contributed by atoms with Crippen molar-refractivity contribution in [3.63, 3.8) is 0 Å². The molecule has 0 aliphatic heterocycles. The van der Waals surface area contributed by atoms with E-state index >= 15 is 0 Å². The van der Waals surface area contributed by atoms with E-state index in [-0.39, 0.29) is 18.2 Å². The van der Waals surface area contributed by atoms with Crippen LogP contribution in [-0.4, -0.2) is 24.0 Å². The van der Waals surface area contributed by atoms with E-state index in [9.17, 15) is 14.9 Å². The standard InChI is InChI=1S/C19H20N2O4/c22-19(20-12-15-6-7-15)13-25-18-9-8-17(21(23)24)11-16(18)10-14-4-2-1-3-5-14/h1-5,8-9,11,15H,6-7,10,12-13H2,(H,20,22). The highest BCUT2D eigenvalue weighted by molar-refractivity contribution is 5.77. The van der Waals surface area contributed by atoms with Gasteiger partial charge in [-0.3, -0.25) is 14.9 Å². The molecular weight excluding hydrogens is 320 g/mol. The molecule has 1 aliphatic rings. The molecule has 6 heteroatoms. The van der Waals surface area contributed by atoms with Gasteiger partial charge >= 0.3 is 0 Å². The first-order valence-electron chi connectivity index (χ1n) is 8.32. The van der Waals surface area contributed by atoms with Crippen molar-refractivity contribution >= 4 is 11.6 Å². The lowest BCUT2D eigenvalue weighted by atomic mass is 10.0. The Labute approximate surface area is 146 Å². The van der Waals surface area contributed by atoms with Crippen LogP contribution in [0.25, 0.3) is 0 Å². The monoisotopic (exact) mass is 340 g/mol. The van der Waals surface area contributed by atoms with E-state index in [1.165, 1.54) is 25.0 Å². The molecule has 1 N–H and O–H groups in total. The smallest absolute Gasteiger partial charge is 0.269 e. The average molecular weight is 340 g/mol. The number of nitro groups is 1. The van der Waals surface area contributed by atoms with Crippen LogP contribution in [0.4, 0.5) is 5.69 Å². The largest absolute Gasteiger partial charge is 0.483 e. The average Bonchev–Trinajstić information content (AvgIpc) is 3.44. The van der Waals surface area contributed by atoms with Crippen molar-refractivity contribution in [2.45, 2.75) is 19.3 Å². The molecule has 1 amide bonds. The van der Waals surface area contributed by atoms with Gasteiger partial charge in [-0.1, -0.05) is 30.3 Å². The molecule has 0 atom stereocenters. The number of rotatable bonds is 8. The van der Waals surface area contributed by atoms with E-state index in [1.54, 1.807) is 6.07 Å². The number of nitrogens with one attached hydrogen (secondary N) is 1. The van der Waals surface area contributed by atoms with Crippen molar-refractivity contribution < 1.29 is 14.5 Å². The van der Waals surface area contributed by atoms with Crippen LogP contribution in [0, 0.1) is 16.0 Å². The first kappa shape index (κ1) is 17.0. The molecule has 2 aromatic carbocycles. The third-order valence-corrected chi connectivity index (χ3v) is 4.14. The first-order chi connectivity index (χ1) is 12.1. The van der Waals surface area contributed by atoms with Gasteiger partial charge in [-0.2, -0.15) is 0 Å². The Bertz CT molecular complexity index is 757. The van der Waals surface area contributed by atoms with Gasteiger partial charge in [0.05, 0.1) is 4.92 Å². The highest BCUT2D eigenvalue weighted by Crippen LogP contribution is 2.28. The summed E-state index contributed by atoms with van der Waals surface area (Å²) in [5, 5.41) is 13.9. The van der Waals surface area contributed by atoms with Gasteiger partial charge in [0.25, 0.3) is 11.6 Å². The summed E-state index contributed by atoms with van der Waals surface area (Å²) in [7, 11) is 0. The molecule has 2 aromatic rings.